The molecule has 0 unspecified atom stereocenters. The van der Waals surface area contributed by atoms with Crippen molar-refractivity contribution in [1.29, 1.82) is 5.26 Å². The van der Waals surface area contributed by atoms with E-state index in [1.165, 1.54) is 33.3 Å². The van der Waals surface area contributed by atoms with Gasteiger partial charge in [0.05, 0.1) is 25.9 Å². The van der Waals surface area contributed by atoms with Gasteiger partial charge in [0.25, 0.3) is 5.91 Å². The molecule has 0 aliphatic rings. The van der Waals surface area contributed by atoms with Crippen molar-refractivity contribution in [2.75, 3.05) is 14.2 Å². The van der Waals surface area contributed by atoms with Crippen LogP contribution in [0, 0.1) is 17.2 Å². The standard InChI is InChI=1S/C18H24N2O5/c1-11(2)18(4,10-19)20-16(21)12(3)25-17(22)13-7-8-14(23-5)15(9-13)24-6/h7-9,11-12H,1-6H3,(H,20,21)/t12-,18+/m0/s1. The highest BCUT2D eigenvalue weighted by Gasteiger charge is 2.32. The molecule has 1 N–H and O–H groups in total. The minimum Gasteiger partial charge on any atom is -0.493 e. The van der Waals surface area contributed by atoms with Crippen LogP contribution < -0.4 is 14.8 Å². The molecule has 0 spiro atoms. The van der Waals surface area contributed by atoms with Crippen molar-refractivity contribution in [2.45, 2.75) is 39.3 Å². The molecule has 0 fully saturated rings. The second kappa shape index (κ2) is 8.38. The number of hydrogen-bond donors (Lipinski definition) is 1. The molecule has 1 aromatic rings. The van der Waals surface area contributed by atoms with E-state index >= 15 is 0 Å². The number of hydrogen-bond acceptors (Lipinski definition) is 6. The second-order valence-corrected chi connectivity index (χ2v) is 6.08. The van der Waals surface area contributed by atoms with E-state index in [0.29, 0.717) is 11.5 Å². The summed E-state index contributed by atoms with van der Waals surface area (Å²) in [5.41, 5.74) is -0.814. The lowest BCUT2D eigenvalue weighted by atomic mass is 9.90. The number of rotatable bonds is 7. The molecule has 1 rings (SSSR count). The fourth-order valence-electron chi connectivity index (χ4n) is 1.90. The molecule has 0 bridgehead atoms. The van der Waals surface area contributed by atoms with Gasteiger partial charge < -0.3 is 19.5 Å². The maximum atomic E-state index is 12.2. The fourth-order valence-corrected chi connectivity index (χ4v) is 1.90. The Bertz CT molecular complexity index is 681. The van der Waals surface area contributed by atoms with Crippen molar-refractivity contribution in [3.05, 3.63) is 23.8 Å². The maximum absolute atomic E-state index is 12.2. The van der Waals surface area contributed by atoms with Gasteiger partial charge in [-0.25, -0.2) is 4.79 Å². The Labute approximate surface area is 147 Å². The van der Waals surface area contributed by atoms with Crippen LogP contribution in [0.25, 0.3) is 0 Å². The number of benzene rings is 1. The quantitative estimate of drug-likeness (QED) is 0.759. The second-order valence-electron chi connectivity index (χ2n) is 6.08. The summed E-state index contributed by atoms with van der Waals surface area (Å²) in [6.45, 7) is 6.72. The number of ether oxygens (including phenoxy) is 3. The van der Waals surface area contributed by atoms with E-state index in [0.717, 1.165) is 0 Å². The molecule has 0 heterocycles. The molecule has 7 nitrogen and oxygen atoms in total. The summed E-state index contributed by atoms with van der Waals surface area (Å²) >= 11 is 0. The smallest absolute Gasteiger partial charge is 0.339 e. The summed E-state index contributed by atoms with van der Waals surface area (Å²) in [5.74, 6) is -0.453. The molecular weight excluding hydrogens is 324 g/mol. The zero-order valence-corrected chi connectivity index (χ0v) is 15.4. The molecule has 2 atom stereocenters. The molecule has 0 radical (unpaired) electrons. The summed E-state index contributed by atoms with van der Waals surface area (Å²) in [7, 11) is 2.95. The van der Waals surface area contributed by atoms with Crippen LogP contribution in [0.15, 0.2) is 18.2 Å². The molecule has 0 saturated heterocycles. The van der Waals surface area contributed by atoms with Gasteiger partial charge >= 0.3 is 5.97 Å². The Morgan fingerprint density at radius 1 is 1.16 bits per heavy atom. The lowest BCUT2D eigenvalue weighted by Gasteiger charge is -2.28. The third-order valence-corrected chi connectivity index (χ3v) is 4.04. The summed E-state index contributed by atoms with van der Waals surface area (Å²) in [5, 5.41) is 11.9. The van der Waals surface area contributed by atoms with Crippen LogP contribution in [0.5, 0.6) is 11.5 Å². The lowest BCUT2D eigenvalue weighted by Crippen LogP contribution is -2.52. The molecule has 0 saturated carbocycles. The molecule has 1 aromatic carbocycles. The van der Waals surface area contributed by atoms with Crippen molar-refractivity contribution < 1.29 is 23.8 Å². The van der Waals surface area contributed by atoms with Crippen molar-refractivity contribution in [3.63, 3.8) is 0 Å². The average Bonchev–Trinajstić information content (AvgIpc) is 2.60. The Morgan fingerprint density at radius 2 is 1.76 bits per heavy atom. The Balaban J connectivity index is 2.83. The minimum absolute atomic E-state index is 0.102. The largest absolute Gasteiger partial charge is 0.493 e. The summed E-state index contributed by atoms with van der Waals surface area (Å²) < 4.78 is 15.4. The van der Waals surface area contributed by atoms with E-state index < -0.39 is 23.5 Å². The van der Waals surface area contributed by atoms with Gasteiger partial charge in [0, 0.05) is 0 Å². The van der Waals surface area contributed by atoms with Gasteiger partial charge in [-0.3, -0.25) is 4.79 Å². The van der Waals surface area contributed by atoms with E-state index in [4.69, 9.17) is 14.2 Å². The topological polar surface area (TPSA) is 97.6 Å². The molecule has 0 aliphatic heterocycles. The number of carbonyl (C=O) groups is 2. The Hall–Kier alpha value is -2.75. The third-order valence-electron chi connectivity index (χ3n) is 4.04. The Morgan fingerprint density at radius 3 is 2.24 bits per heavy atom. The van der Waals surface area contributed by atoms with Gasteiger partial charge in [0.15, 0.2) is 17.6 Å². The van der Waals surface area contributed by atoms with E-state index in [2.05, 4.69) is 11.4 Å². The normalized spacial score (nSPS) is 14.0. The van der Waals surface area contributed by atoms with Crippen LogP contribution in [0.2, 0.25) is 0 Å². The summed E-state index contributed by atoms with van der Waals surface area (Å²) in [6.07, 6.45) is -1.05. The van der Waals surface area contributed by atoms with E-state index in [1.807, 2.05) is 13.8 Å². The zero-order valence-electron chi connectivity index (χ0n) is 15.4. The van der Waals surface area contributed by atoms with Gasteiger partial charge in [0.2, 0.25) is 0 Å². The number of methoxy groups -OCH3 is 2. The highest BCUT2D eigenvalue weighted by Crippen LogP contribution is 2.28. The molecule has 136 valence electrons. The SMILES string of the molecule is COc1ccc(C(=O)O[C@@H](C)C(=O)N[C@](C)(C#N)C(C)C)cc1OC. The molecular formula is C18H24N2O5. The highest BCUT2D eigenvalue weighted by molar-refractivity contribution is 5.93. The lowest BCUT2D eigenvalue weighted by molar-refractivity contribution is -0.130. The summed E-state index contributed by atoms with van der Waals surface area (Å²) in [6, 6.07) is 6.64. The van der Waals surface area contributed by atoms with Crippen LogP contribution in [-0.2, 0) is 9.53 Å². The first-order valence-corrected chi connectivity index (χ1v) is 7.84. The van der Waals surface area contributed by atoms with Gasteiger partial charge in [-0.15, -0.1) is 0 Å². The van der Waals surface area contributed by atoms with Crippen LogP contribution in [0.4, 0.5) is 0 Å². The van der Waals surface area contributed by atoms with E-state index in [9.17, 15) is 14.9 Å². The molecule has 0 aliphatic carbocycles. The number of nitriles is 1. The van der Waals surface area contributed by atoms with Gasteiger partial charge in [-0.1, -0.05) is 13.8 Å². The van der Waals surface area contributed by atoms with Crippen LogP contribution in [-0.4, -0.2) is 37.7 Å². The number of nitrogens with zero attached hydrogens (tertiary/aromatic N) is 1. The first-order chi connectivity index (χ1) is 11.7. The molecule has 7 heteroatoms. The Kier molecular flexibility index (Phi) is 6.80. The van der Waals surface area contributed by atoms with Crippen molar-refractivity contribution >= 4 is 11.9 Å². The van der Waals surface area contributed by atoms with Gasteiger partial charge in [0.1, 0.15) is 5.54 Å². The predicted molar refractivity (Wildman–Crippen MR) is 91.4 cm³/mol. The van der Waals surface area contributed by atoms with Crippen LogP contribution >= 0.6 is 0 Å². The van der Waals surface area contributed by atoms with Crippen molar-refractivity contribution in [3.8, 4) is 17.6 Å². The van der Waals surface area contributed by atoms with Crippen molar-refractivity contribution in [1.82, 2.24) is 5.32 Å². The first kappa shape index (κ1) is 20.3. The van der Waals surface area contributed by atoms with E-state index in [-0.39, 0.29) is 11.5 Å². The van der Waals surface area contributed by atoms with Gasteiger partial charge in [-0.05, 0) is 38.0 Å². The zero-order chi connectivity index (χ0) is 19.2. The molecule has 0 aromatic heterocycles. The minimum atomic E-state index is -1.05. The molecule has 25 heavy (non-hydrogen) atoms. The molecule has 1 amide bonds. The fraction of sp³-hybridized carbons (Fsp3) is 0.500. The predicted octanol–water partition coefficient (Wildman–Crippen LogP) is 2.30. The van der Waals surface area contributed by atoms with Gasteiger partial charge in [-0.2, -0.15) is 5.26 Å². The van der Waals surface area contributed by atoms with Crippen LogP contribution in [0.1, 0.15) is 38.1 Å². The number of amides is 1. The van der Waals surface area contributed by atoms with Crippen molar-refractivity contribution in [2.24, 2.45) is 5.92 Å². The number of esters is 1. The maximum Gasteiger partial charge on any atom is 0.339 e. The highest BCUT2D eigenvalue weighted by atomic mass is 16.5. The van der Waals surface area contributed by atoms with Crippen LogP contribution in [0.3, 0.4) is 0 Å². The number of carbonyl (C=O) groups excluding carboxylic acids is 2. The average molecular weight is 348 g/mol. The first-order valence-electron chi connectivity index (χ1n) is 7.84. The summed E-state index contributed by atoms with van der Waals surface area (Å²) in [4.78, 5) is 24.5. The number of nitrogens with one attached hydrogen (secondary N) is 1. The van der Waals surface area contributed by atoms with E-state index in [1.54, 1.807) is 13.0 Å². The third kappa shape index (κ3) is 4.86. The monoisotopic (exact) mass is 348 g/mol.